The zero-order valence-corrected chi connectivity index (χ0v) is 12.6. The molecule has 0 heterocycles. The van der Waals surface area contributed by atoms with E-state index in [1.165, 1.54) is 12.1 Å². The van der Waals surface area contributed by atoms with Crippen LogP contribution in [0.5, 0.6) is 0 Å². The molecule has 2 aromatic rings. The molecule has 0 saturated heterocycles. The summed E-state index contributed by atoms with van der Waals surface area (Å²) in [5, 5.41) is 3.96. The lowest BCUT2D eigenvalue weighted by Crippen LogP contribution is -2.14. The first-order valence-corrected chi connectivity index (χ1v) is 7.25. The average molecular weight is 292 g/mol. The Hall–Kier alpha value is -1.38. The van der Waals surface area contributed by atoms with Crippen molar-refractivity contribution in [2.75, 3.05) is 6.54 Å². The lowest BCUT2D eigenvalue weighted by Gasteiger charge is -2.13. The highest BCUT2D eigenvalue weighted by molar-refractivity contribution is 6.33. The Bertz CT molecular complexity index is 596. The van der Waals surface area contributed by atoms with E-state index >= 15 is 0 Å². The number of rotatable bonds is 5. The van der Waals surface area contributed by atoms with E-state index in [-0.39, 0.29) is 5.82 Å². The third-order valence-corrected chi connectivity index (χ3v) is 3.56. The number of aryl methyl sites for hydroxylation is 1. The van der Waals surface area contributed by atoms with Crippen LogP contribution in [0.3, 0.4) is 0 Å². The largest absolute Gasteiger partial charge is 0.313 e. The van der Waals surface area contributed by atoms with Gasteiger partial charge < -0.3 is 5.32 Å². The van der Waals surface area contributed by atoms with Crippen LogP contribution in [0.15, 0.2) is 36.4 Å². The highest BCUT2D eigenvalue weighted by Gasteiger charge is 2.10. The average Bonchev–Trinajstić information content (AvgIpc) is 2.43. The van der Waals surface area contributed by atoms with Crippen molar-refractivity contribution in [2.24, 2.45) is 0 Å². The molecule has 0 aromatic heterocycles. The first-order valence-electron chi connectivity index (χ1n) is 6.87. The summed E-state index contributed by atoms with van der Waals surface area (Å²) >= 11 is 6.23. The molecule has 0 amide bonds. The molecule has 0 aliphatic heterocycles. The van der Waals surface area contributed by atoms with Gasteiger partial charge in [0.2, 0.25) is 0 Å². The van der Waals surface area contributed by atoms with E-state index in [9.17, 15) is 4.39 Å². The first kappa shape index (κ1) is 15.0. The van der Waals surface area contributed by atoms with Gasteiger partial charge in [0, 0.05) is 17.1 Å². The van der Waals surface area contributed by atoms with Crippen molar-refractivity contribution in [2.45, 2.75) is 26.8 Å². The minimum Gasteiger partial charge on any atom is -0.313 e. The molecule has 0 fully saturated rings. The number of nitrogens with one attached hydrogen (secondary N) is 1. The molecule has 2 aromatic carbocycles. The van der Waals surface area contributed by atoms with Gasteiger partial charge in [0.25, 0.3) is 0 Å². The molecule has 0 bridgehead atoms. The van der Waals surface area contributed by atoms with Crippen LogP contribution in [0.1, 0.15) is 24.5 Å². The van der Waals surface area contributed by atoms with Gasteiger partial charge in [-0.05, 0) is 49.2 Å². The first-order chi connectivity index (χ1) is 9.61. The van der Waals surface area contributed by atoms with Crippen LogP contribution in [0.25, 0.3) is 11.1 Å². The molecule has 0 aliphatic carbocycles. The molecule has 0 spiro atoms. The SMILES string of the molecule is CCCNCc1ccc(C)cc1-c1cc(F)ccc1Cl. The molecule has 106 valence electrons. The number of hydrogen-bond donors (Lipinski definition) is 1. The third kappa shape index (κ3) is 3.59. The zero-order chi connectivity index (χ0) is 14.5. The molecule has 0 saturated carbocycles. The fourth-order valence-electron chi connectivity index (χ4n) is 2.20. The summed E-state index contributed by atoms with van der Waals surface area (Å²) in [6, 6.07) is 10.7. The van der Waals surface area contributed by atoms with Crippen molar-refractivity contribution in [1.29, 1.82) is 0 Å². The Morgan fingerprint density at radius 3 is 2.65 bits per heavy atom. The van der Waals surface area contributed by atoms with Crippen LogP contribution in [-0.4, -0.2) is 6.54 Å². The predicted octanol–water partition coefficient (Wildman–Crippen LogP) is 4.95. The van der Waals surface area contributed by atoms with E-state index in [4.69, 9.17) is 11.6 Å². The summed E-state index contributed by atoms with van der Waals surface area (Å²) in [6.07, 6.45) is 1.09. The molecule has 0 radical (unpaired) electrons. The second-order valence-electron chi connectivity index (χ2n) is 4.96. The van der Waals surface area contributed by atoms with Gasteiger partial charge in [-0.1, -0.05) is 42.3 Å². The number of halogens is 2. The quantitative estimate of drug-likeness (QED) is 0.768. The minimum atomic E-state index is -0.265. The van der Waals surface area contributed by atoms with Crippen molar-refractivity contribution >= 4 is 11.6 Å². The smallest absolute Gasteiger partial charge is 0.123 e. The molecular formula is C17H19ClFN. The zero-order valence-electron chi connectivity index (χ0n) is 11.8. The Morgan fingerprint density at radius 1 is 1.10 bits per heavy atom. The second kappa shape index (κ2) is 6.87. The van der Waals surface area contributed by atoms with Gasteiger partial charge in [-0.25, -0.2) is 4.39 Å². The van der Waals surface area contributed by atoms with E-state index in [1.807, 2.05) is 6.92 Å². The van der Waals surface area contributed by atoms with Crippen molar-refractivity contribution in [3.05, 3.63) is 58.4 Å². The van der Waals surface area contributed by atoms with E-state index in [1.54, 1.807) is 6.07 Å². The second-order valence-corrected chi connectivity index (χ2v) is 5.37. The standard InChI is InChI=1S/C17H19ClFN/c1-3-8-20-11-13-5-4-12(2)9-15(13)16-10-14(19)6-7-17(16)18/h4-7,9-10,20H,3,8,11H2,1-2H3. The molecule has 0 aliphatic rings. The van der Waals surface area contributed by atoms with Gasteiger partial charge in [0.1, 0.15) is 5.82 Å². The summed E-state index contributed by atoms with van der Waals surface area (Å²) in [6.45, 7) is 5.88. The number of benzene rings is 2. The Labute approximate surface area is 124 Å². The van der Waals surface area contributed by atoms with Crippen LogP contribution in [0.2, 0.25) is 5.02 Å². The summed E-state index contributed by atoms with van der Waals surface area (Å²) in [5.74, 6) is -0.265. The fourth-order valence-corrected chi connectivity index (χ4v) is 2.42. The predicted molar refractivity (Wildman–Crippen MR) is 83.6 cm³/mol. The maximum Gasteiger partial charge on any atom is 0.123 e. The van der Waals surface area contributed by atoms with Crippen molar-refractivity contribution < 1.29 is 4.39 Å². The molecule has 0 atom stereocenters. The van der Waals surface area contributed by atoms with E-state index < -0.39 is 0 Å². The van der Waals surface area contributed by atoms with Gasteiger partial charge in [0.05, 0.1) is 0 Å². The van der Waals surface area contributed by atoms with Gasteiger partial charge in [-0.3, -0.25) is 0 Å². The third-order valence-electron chi connectivity index (χ3n) is 3.23. The van der Waals surface area contributed by atoms with Crippen LogP contribution in [-0.2, 0) is 6.54 Å². The normalized spacial score (nSPS) is 10.8. The summed E-state index contributed by atoms with van der Waals surface area (Å²) < 4.78 is 13.5. The maximum absolute atomic E-state index is 13.5. The van der Waals surface area contributed by atoms with Crippen LogP contribution in [0, 0.1) is 12.7 Å². The van der Waals surface area contributed by atoms with E-state index in [2.05, 4.69) is 30.4 Å². The lowest BCUT2D eigenvalue weighted by molar-refractivity contribution is 0.628. The Balaban J connectivity index is 2.42. The van der Waals surface area contributed by atoms with E-state index in [0.717, 1.165) is 41.8 Å². The van der Waals surface area contributed by atoms with Gasteiger partial charge in [-0.2, -0.15) is 0 Å². The van der Waals surface area contributed by atoms with Crippen molar-refractivity contribution in [3.8, 4) is 11.1 Å². The molecule has 0 unspecified atom stereocenters. The summed E-state index contributed by atoms with van der Waals surface area (Å²) in [7, 11) is 0. The Morgan fingerprint density at radius 2 is 1.90 bits per heavy atom. The van der Waals surface area contributed by atoms with Crippen molar-refractivity contribution in [3.63, 3.8) is 0 Å². The molecule has 2 rings (SSSR count). The highest BCUT2D eigenvalue weighted by Crippen LogP contribution is 2.32. The van der Waals surface area contributed by atoms with Gasteiger partial charge in [0.15, 0.2) is 0 Å². The van der Waals surface area contributed by atoms with Crippen LogP contribution >= 0.6 is 11.6 Å². The molecule has 1 nitrogen and oxygen atoms in total. The van der Waals surface area contributed by atoms with Gasteiger partial charge in [-0.15, -0.1) is 0 Å². The molecule has 20 heavy (non-hydrogen) atoms. The maximum atomic E-state index is 13.5. The molecule has 3 heteroatoms. The fraction of sp³-hybridized carbons (Fsp3) is 0.294. The monoisotopic (exact) mass is 291 g/mol. The lowest BCUT2D eigenvalue weighted by atomic mass is 9.97. The Kier molecular flexibility index (Phi) is 5.16. The highest BCUT2D eigenvalue weighted by atomic mass is 35.5. The molecule has 1 N–H and O–H groups in total. The molecular weight excluding hydrogens is 273 g/mol. The summed E-state index contributed by atoms with van der Waals surface area (Å²) in [5.41, 5.74) is 4.03. The summed E-state index contributed by atoms with van der Waals surface area (Å²) in [4.78, 5) is 0. The van der Waals surface area contributed by atoms with Crippen LogP contribution < -0.4 is 5.32 Å². The van der Waals surface area contributed by atoms with Crippen LogP contribution in [0.4, 0.5) is 4.39 Å². The van der Waals surface area contributed by atoms with Crippen molar-refractivity contribution in [1.82, 2.24) is 5.32 Å². The number of hydrogen-bond acceptors (Lipinski definition) is 1. The topological polar surface area (TPSA) is 12.0 Å². The van der Waals surface area contributed by atoms with Gasteiger partial charge >= 0.3 is 0 Å². The van der Waals surface area contributed by atoms with E-state index in [0.29, 0.717) is 5.02 Å². The minimum absolute atomic E-state index is 0.265.